The van der Waals surface area contributed by atoms with Gasteiger partial charge in [-0.25, -0.2) is 4.79 Å². The van der Waals surface area contributed by atoms with Crippen LogP contribution in [0, 0.1) is 13.8 Å². The molecule has 0 saturated carbocycles. The third kappa shape index (κ3) is 4.10. The molecule has 1 N–H and O–H groups in total. The number of carbonyl (C=O) groups excluding carboxylic acids is 1. The minimum Gasteiger partial charge on any atom is -0.496 e. The average molecular weight is 457 g/mol. The number of nitrogens with zero attached hydrogens (tertiary/aromatic N) is 1. The van der Waals surface area contributed by atoms with E-state index in [0.29, 0.717) is 39.2 Å². The van der Waals surface area contributed by atoms with Crippen molar-refractivity contribution in [2.75, 3.05) is 33.3 Å². The zero-order chi connectivity index (χ0) is 23.6. The van der Waals surface area contributed by atoms with Crippen molar-refractivity contribution < 1.29 is 23.7 Å². The lowest BCUT2D eigenvalue weighted by Gasteiger charge is -2.38. The summed E-state index contributed by atoms with van der Waals surface area (Å²) in [5, 5.41) is 3.77. The summed E-state index contributed by atoms with van der Waals surface area (Å²) >= 11 is 5.76. The Hall–Kier alpha value is -3.26. The van der Waals surface area contributed by atoms with Crippen LogP contribution in [0.3, 0.4) is 0 Å². The van der Waals surface area contributed by atoms with Gasteiger partial charge in [0.15, 0.2) is 16.6 Å². The van der Waals surface area contributed by atoms with Crippen molar-refractivity contribution in [2.45, 2.75) is 26.8 Å². The number of aryl methyl sites for hydroxylation is 2. The molecule has 0 bridgehead atoms. The number of nitrogens with one attached hydrogen (secondary N) is 1. The molecule has 1 atom stereocenters. The first kappa shape index (κ1) is 23.4. The second-order valence-corrected chi connectivity index (χ2v) is 7.83. The van der Waals surface area contributed by atoms with Crippen molar-refractivity contribution in [1.82, 2.24) is 5.32 Å². The molecule has 0 radical (unpaired) electrons. The van der Waals surface area contributed by atoms with Crippen molar-refractivity contribution in [3.05, 3.63) is 58.3 Å². The minimum atomic E-state index is -0.605. The normalized spacial score (nSPS) is 15.9. The van der Waals surface area contributed by atoms with Crippen LogP contribution in [0.25, 0.3) is 0 Å². The van der Waals surface area contributed by atoms with Crippen LogP contribution in [0.5, 0.6) is 17.2 Å². The van der Waals surface area contributed by atoms with Crippen LogP contribution < -0.4 is 24.4 Å². The Morgan fingerprint density at radius 1 is 0.938 bits per heavy atom. The van der Waals surface area contributed by atoms with Crippen LogP contribution in [0.2, 0.25) is 0 Å². The standard InChI is InChI=1S/C24H28N2O5S/c1-13-8-9-14(2)17(10-13)26-15(3)21(23(27)31-7)22(25-24(26)32)16-11-19(29-5)20(30-6)12-18(16)28-4/h8-12,22H,1-7H3,(H,25,32). The molecule has 1 aliphatic rings. The molecule has 7 nitrogen and oxygen atoms in total. The monoisotopic (exact) mass is 456 g/mol. The van der Waals surface area contributed by atoms with Crippen LogP contribution in [0.4, 0.5) is 5.69 Å². The Balaban J connectivity index is 2.25. The van der Waals surface area contributed by atoms with Gasteiger partial charge in [0, 0.05) is 17.3 Å². The Morgan fingerprint density at radius 2 is 1.56 bits per heavy atom. The van der Waals surface area contributed by atoms with Gasteiger partial charge in [0.05, 0.1) is 45.7 Å². The number of hydrogen-bond acceptors (Lipinski definition) is 6. The Bertz CT molecular complexity index is 1100. The van der Waals surface area contributed by atoms with Gasteiger partial charge in [-0.3, -0.25) is 4.90 Å². The van der Waals surface area contributed by atoms with Crippen LogP contribution >= 0.6 is 12.2 Å². The molecule has 0 aliphatic carbocycles. The highest BCUT2D eigenvalue weighted by molar-refractivity contribution is 7.80. The molecule has 2 aromatic carbocycles. The Morgan fingerprint density at radius 3 is 2.16 bits per heavy atom. The maximum absolute atomic E-state index is 13.0. The molecule has 32 heavy (non-hydrogen) atoms. The van der Waals surface area contributed by atoms with Gasteiger partial charge < -0.3 is 24.3 Å². The maximum atomic E-state index is 13.0. The summed E-state index contributed by atoms with van der Waals surface area (Å²) in [4.78, 5) is 14.9. The number of benzene rings is 2. The quantitative estimate of drug-likeness (QED) is 0.512. The van der Waals surface area contributed by atoms with E-state index in [0.717, 1.165) is 16.8 Å². The molecule has 0 fully saturated rings. The van der Waals surface area contributed by atoms with E-state index in [1.165, 1.54) is 7.11 Å². The minimum absolute atomic E-state index is 0.424. The van der Waals surface area contributed by atoms with E-state index in [2.05, 4.69) is 5.32 Å². The molecule has 0 saturated heterocycles. The number of ether oxygens (including phenoxy) is 4. The van der Waals surface area contributed by atoms with Crippen LogP contribution in [-0.4, -0.2) is 39.5 Å². The number of thiocarbonyl (C=S) groups is 1. The molecule has 1 aliphatic heterocycles. The number of hydrogen-bond donors (Lipinski definition) is 1. The number of esters is 1. The number of anilines is 1. The van der Waals surface area contributed by atoms with E-state index in [-0.39, 0.29) is 0 Å². The molecule has 1 unspecified atom stereocenters. The zero-order valence-corrected chi connectivity index (χ0v) is 20.2. The number of carbonyl (C=O) groups is 1. The first-order valence-electron chi connectivity index (χ1n) is 10.0. The fourth-order valence-electron chi connectivity index (χ4n) is 3.88. The summed E-state index contributed by atoms with van der Waals surface area (Å²) in [5.41, 5.74) is 4.80. The topological polar surface area (TPSA) is 69.3 Å². The highest BCUT2D eigenvalue weighted by atomic mass is 32.1. The maximum Gasteiger partial charge on any atom is 0.337 e. The predicted molar refractivity (Wildman–Crippen MR) is 128 cm³/mol. The fraction of sp³-hybridized carbons (Fsp3) is 0.333. The first-order chi connectivity index (χ1) is 15.3. The largest absolute Gasteiger partial charge is 0.496 e. The van der Waals surface area contributed by atoms with Gasteiger partial charge in [0.25, 0.3) is 0 Å². The summed E-state index contributed by atoms with van der Waals surface area (Å²) in [7, 11) is 6.03. The molecular weight excluding hydrogens is 428 g/mol. The van der Waals surface area contributed by atoms with Crippen molar-refractivity contribution in [2.24, 2.45) is 0 Å². The van der Waals surface area contributed by atoms with Crippen LogP contribution in [0.1, 0.15) is 29.7 Å². The predicted octanol–water partition coefficient (Wildman–Crippen LogP) is 4.21. The van der Waals surface area contributed by atoms with E-state index >= 15 is 0 Å². The van der Waals surface area contributed by atoms with E-state index in [1.807, 2.05) is 43.9 Å². The van der Waals surface area contributed by atoms with Crippen molar-refractivity contribution in [1.29, 1.82) is 0 Å². The summed E-state index contributed by atoms with van der Waals surface area (Å²) in [6, 6.07) is 9.01. The molecule has 8 heteroatoms. The summed E-state index contributed by atoms with van der Waals surface area (Å²) in [6.07, 6.45) is 0. The molecule has 3 rings (SSSR count). The summed E-state index contributed by atoms with van der Waals surface area (Å²) in [6.45, 7) is 5.88. The number of methoxy groups -OCH3 is 4. The van der Waals surface area contributed by atoms with Crippen LogP contribution in [0.15, 0.2) is 41.6 Å². The molecule has 170 valence electrons. The number of allylic oxidation sites excluding steroid dienone is 1. The van der Waals surface area contributed by atoms with E-state index < -0.39 is 12.0 Å². The lowest BCUT2D eigenvalue weighted by Crippen LogP contribution is -2.48. The number of rotatable bonds is 6. The lowest BCUT2D eigenvalue weighted by molar-refractivity contribution is -0.136. The molecular formula is C24H28N2O5S. The van der Waals surface area contributed by atoms with Crippen molar-refractivity contribution >= 4 is 29.0 Å². The fourth-order valence-corrected chi connectivity index (χ4v) is 4.23. The van der Waals surface area contributed by atoms with Crippen molar-refractivity contribution in [3.8, 4) is 17.2 Å². The molecule has 1 heterocycles. The highest BCUT2D eigenvalue weighted by Crippen LogP contribution is 2.43. The van der Waals surface area contributed by atoms with Crippen molar-refractivity contribution in [3.63, 3.8) is 0 Å². The summed E-state index contributed by atoms with van der Waals surface area (Å²) in [5.74, 6) is 1.09. The third-order valence-corrected chi connectivity index (χ3v) is 5.84. The molecule has 2 aromatic rings. The molecule has 0 amide bonds. The third-order valence-electron chi connectivity index (χ3n) is 5.54. The Labute approximate surface area is 193 Å². The van der Waals surface area contributed by atoms with Gasteiger partial charge in [-0.05, 0) is 56.2 Å². The Kier molecular flexibility index (Phi) is 6.93. The molecule has 0 spiro atoms. The average Bonchev–Trinajstić information content (AvgIpc) is 2.79. The van der Waals surface area contributed by atoms with Crippen LogP contribution in [-0.2, 0) is 9.53 Å². The van der Waals surface area contributed by atoms with Gasteiger partial charge >= 0.3 is 5.97 Å². The molecule has 0 aromatic heterocycles. The highest BCUT2D eigenvalue weighted by Gasteiger charge is 2.37. The van der Waals surface area contributed by atoms with Gasteiger partial charge in [0.2, 0.25) is 0 Å². The second-order valence-electron chi connectivity index (χ2n) is 7.45. The van der Waals surface area contributed by atoms with E-state index in [9.17, 15) is 4.79 Å². The zero-order valence-electron chi connectivity index (χ0n) is 19.4. The van der Waals surface area contributed by atoms with Gasteiger partial charge in [-0.15, -0.1) is 0 Å². The smallest absolute Gasteiger partial charge is 0.337 e. The second kappa shape index (κ2) is 9.48. The summed E-state index contributed by atoms with van der Waals surface area (Å²) < 4.78 is 21.6. The van der Waals surface area contributed by atoms with E-state index in [4.69, 9.17) is 31.2 Å². The van der Waals surface area contributed by atoms with Gasteiger partial charge in [-0.1, -0.05) is 12.1 Å². The van der Waals surface area contributed by atoms with Gasteiger partial charge in [0.1, 0.15) is 5.75 Å². The van der Waals surface area contributed by atoms with E-state index in [1.54, 1.807) is 33.5 Å². The first-order valence-corrected chi connectivity index (χ1v) is 10.4. The lowest BCUT2D eigenvalue weighted by atomic mass is 9.93. The SMILES string of the molecule is COC(=O)C1=C(C)N(c2cc(C)ccc2C)C(=S)NC1c1cc(OC)c(OC)cc1OC. The van der Waals surface area contributed by atoms with Gasteiger partial charge in [-0.2, -0.15) is 0 Å².